The van der Waals surface area contributed by atoms with E-state index in [1.54, 1.807) is 26.0 Å². The molecule has 0 N–H and O–H groups in total. The predicted octanol–water partition coefficient (Wildman–Crippen LogP) is 5.41. The highest BCUT2D eigenvalue weighted by molar-refractivity contribution is 7.13. The molecular formula is C26H23FN2O4S. The summed E-state index contributed by atoms with van der Waals surface area (Å²) in [5.74, 6) is -2.85. The molecule has 174 valence electrons. The van der Waals surface area contributed by atoms with E-state index in [4.69, 9.17) is 14.5 Å². The molecule has 2 aromatic carbocycles. The maximum Gasteiger partial charge on any atom is 0.336 e. The van der Waals surface area contributed by atoms with Crippen LogP contribution in [0.25, 0.3) is 21.8 Å². The molecule has 0 fully saturated rings. The Kier molecular flexibility index (Phi) is 6.70. The van der Waals surface area contributed by atoms with Gasteiger partial charge in [-0.2, -0.15) is 0 Å². The van der Waals surface area contributed by atoms with Gasteiger partial charge in [-0.25, -0.2) is 14.2 Å². The summed E-state index contributed by atoms with van der Waals surface area (Å²) in [6.45, 7) is 3.48. The van der Waals surface area contributed by atoms with E-state index in [1.807, 2.05) is 29.6 Å². The first kappa shape index (κ1) is 23.5. The van der Waals surface area contributed by atoms with Crippen LogP contribution in [0.5, 0.6) is 0 Å². The summed E-state index contributed by atoms with van der Waals surface area (Å²) in [6, 6.07) is 13.7. The number of allylic oxidation sites excluding steroid dienone is 1. The van der Waals surface area contributed by atoms with Crippen LogP contribution in [-0.4, -0.2) is 36.9 Å². The van der Waals surface area contributed by atoms with Gasteiger partial charge in [-0.3, -0.25) is 9.79 Å². The minimum absolute atomic E-state index is 0.304. The van der Waals surface area contributed by atoms with Crippen LogP contribution in [0.4, 0.5) is 4.39 Å². The van der Waals surface area contributed by atoms with Gasteiger partial charge < -0.3 is 9.47 Å². The lowest BCUT2D eigenvalue weighted by Gasteiger charge is -2.32. The third kappa shape index (κ3) is 4.28. The van der Waals surface area contributed by atoms with Gasteiger partial charge in [-0.1, -0.05) is 36.4 Å². The first-order valence-electron chi connectivity index (χ1n) is 10.6. The van der Waals surface area contributed by atoms with Crippen LogP contribution in [0.2, 0.25) is 0 Å². The van der Waals surface area contributed by atoms with Crippen LogP contribution in [0.1, 0.15) is 25.3 Å². The molecule has 1 aromatic heterocycles. The van der Waals surface area contributed by atoms with Gasteiger partial charge in [0.2, 0.25) is 0 Å². The first-order valence-corrected chi connectivity index (χ1v) is 11.5. The molecule has 4 rings (SSSR count). The highest BCUT2D eigenvalue weighted by Crippen LogP contribution is 2.44. The van der Waals surface area contributed by atoms with Crippen molar-refractivity contribution in [3.05, 3.63) is 76.6 Å². The highest BCUT2D eigenvalue weighted by atomic mass is 32.1. The number of hydrogen-bond acceptors (Lipinski definition) is 7. The van der Waals surface area contributed by atoms with E-state index >= 15 is 0 Å². The zero-order valence-electron chi connectivity index (χ0n) is 19.2. The fourth-order valence-electron chi connectivity index (χ4n) is 4.32. The number of benzene rings is 2. The van der Waals surface area contributed by atoms with E-state index in [1.165, 1.54) is 37.7 Å². The zero-order chi connectivity index (χ0) is 24.4. The minimum atomic E-state index is -0.799. The Balaban J connectivity index is 1.88. The van der Waals surface area contributed by atoms with Crippen molar-refractivity contribution in [2.75, 3.05) is 14.2 Å². The number of carbonyl (C=O) groups excluding carboxylic acids is 2. The molecule has 2 unspecified atom stereocenters. The second-order valence-corrected chi connectivity index (χ2v) is 8.72. The summed E-state index contributed by atoms with van der Waals surface area (Å²) in [5, 5.41) is 2.54. The maximum absolute atomic E-state index is 13.7. The number of rotatable bonds is 5. The van der Waals surface area contributed by atoms with Crippen LogP contribution >= 0.6 is 11.3 Å². The average Bonchev–Trinajstić information content (AvgIpc) is 3.33. The molecule has 8 heteroatoms. The van der Waals surface area contributed by atoms with Gasteiger partial charge >= 0.3 is 11.9 Å². The summed E-state index contributed by atoms with van der Waals surface area (Å²) in [7, 11) is 2.61. The fraction of sp³-hybridized carbons (Fsp3) is 0.231. The van der Waals surface area contributed by atoms with Crippen molar-refractivity contribution < 1.29 is 23.5 Å². The second kappa shape index (κ2) is 9.69. The lowest BCUT2D eigenvalue weighted by molar-refractivity contribution is -0.143. The van der Waals surface area contributed by atoms with Crippen LogP contribution in [-0.2, 0) is 19.1 Å². The zero-order valence-corrected chi connectivity index (χ0v) is 20.0. The number of halogens is 1. The molecule has 6 nitrogen and oxygen atoms in total. The molecule has 0 aliphatic carbocycles. The summed E-state index contributed by atoms with van der Waals surface area (Å²) in [6.07, 6.45) is 0. The Morgan fingerprint density at radius 3 is 2.50 bits per heavy atom. The average molecular weight is 479 g/mol. The lowest BCUT2D eigenvalue weighted by Crippen LogP contribution is -2.36. The van der Waals surface area contributed by atoms with Gasteiger partial charge in [0.05, 0.1) is 25.5 Å². The summed E-state index contributed by atoms with van der Waals surface area (Å²) < 4.78 is 23.9. The van der Waals surface area contributed by atoms with Crippen molar-refractivity contribution in [1.82, 2.24) is 4.98 Å². The number of methoxy groups -OCH3 is 2. The third-order valence-electron chi connectivity index (χ3n) is 5.84. The fourth-order valence-corrected chi connectivity index (χ4v) is 5.20. The van der Waals surface area contributed by atoms with Crippen LogP contribution in [0.3, 0.4) is 0 Å². The standard InChI is InChI=1S/C26H23FN2O4S/c1-14-21(25(30)32-3)23(22(15(2)28-14)26(31)33-4)18-10-5-6-11-19(18)24-29-20(13-34-24)16-8-7-9-17(27)12-16/h5-13,21,23H,1-4H3. The van der Waals surface area contributed by atoms with Gasteiger partial charge in [0.1, 0.15) is 16.7 Å². The molecule has 34 heavy (non-hydrogen) atoms. The Morgan fingerprint density at radius 2 is 1.79 bits per heavy atom. The van der Waals surface area contributed by atoms with Crippen molar-refractivity contribution in [3.8, 4) is 21.8 Å². The van der Waals surface area contributed by atoms with Crippen LogP contribution in [0.15, 0.2) is 70.2 Å². The molecule has 0 bridgehead atoms. The van der Waals surface area contributed by atoms with E-state index in [0.29, 0.717) is 33.2 Å². The molecule has 0 saturated heterocycles. The van der Waals surface area contributed by atoms with Gasteiger partial charge in [0.15, 0.2) is 0 Å². The number of aromatic nitrogens is 1. The summed E-state index contributed by atoms with van der Waals surface area (Å²) in [4.78, 5) is 34.9. The van der Waals surface area contributed by atoms with Crippen LogP contribution < -0.4 is 0 Å². The van der Waals surface area contributed by atoms with Crippen molar-refractivity contribution in [2.24, 2.45) is 10.9 Å². The number of thiazole rings is 1. The Morgan fingerprint density at radius 1 is 1.03 bits per heavy atom. The highest BCUT2D eigenvalue weighted by Gasteiger charge is 2.43. The van der Waals surface area contributed by atoms with E-state index in [2.05, 4.69) is 4.99 Å². The second-order valence-electron chi connectivity index (χ2n) is 7.86. The van der Waals surface area contributed by atoms with E-state index in [-0.39, 0.29) is 5.82 Å². The summed E-state index contributed by atoms with van der Waals surface area (Å²) in [5.41, 5.74) is 4.14. The topological polar surface area (TPSA) is 77.8 Å². The van der Waals surface area contributed by atoms with Crippen molar-refractivity contribution in [3.63, 3.8) is 0 Å². The van der Waals surface area contributed by atoms with Crippen molar-refractivity contribution in [2.45, 2.75) is 19.8 Å². The molecule has 0 amide bonds. The molecule has 1 aliphatic heterocycles. The van der Waals surface area contributed by atoms with Gasteiger partial charge in [-0.15, -0.1) is 11.3 Å². The van der Waals surface area contributed by atoms with Gasteiger partial charge in [0, 0.05) is 33.8 Å². The third-order valence-corrected chi connectivity index (χ3v) is 6.72. The Hall–Kier alpha value is -3.65. The molecule has 0 radical (unpaired) electrons. The first-order chi connectivity index (χ1) is 16.3. The van der Waals surface area contributed by atoms with Crippen molar-refractivity contribution >= 4 is 29.0 Å². The number of hydrogen-bond donors (Lipinski definition) is 0. The molecule has 1 aliphatic rings. The Bertz CT molecular complexity index is 1330. The smallest absolute Gasteiger partial charge is 0.336 e. The Labute approximate surface area is 200 Å². The monoisotopic (exact) mass is 478 g/mol. The maximum atomic E-state index is 13.7. The van der Waals surface area contributed by atoms with E-state index in [0.717, 1.165) is 11.1 Å². The van der Waals surface area contributed by atoms with Crippen LogP contribution in [0, 0.1) is 11.7 Å². The van der Waals surface area contributed by atoms with Gasteiger partial charge in [0.25, 0.3) is 0 Å². The number of nitrogens with zero attached hydrogens (tertiary/aromatic N) is 2. The SMILES string of the molecule is COC(=O)C1=C(C)N=C(C)C(C(=O)OC)C1c1ccccc1-c1nc(-c2cccc(F)c2)cs1. The molecule has 3 aromatic rings. The van der Waals surface area contributed by atoms with E-state index < -0.39 is 23.8 Å². The normalized spacial score (nSPS) is 17.9. The molecule has 0 spiro atoms. The molecule has 0 saturated carbocycles. The largest absolute Gasteiger partial charge is 0.468 e. The number of ether oxygens (including phenoxy) is 2. The minimum Gasteiger partial charge on any atom is -0.468 e. The number of carbonyl (C=O) groups is 2. The molecular weight excluding hydrogens is 455 g/mol. The van der Waals surface area contributed by atoms with Gasteiger partial charge in [-0.05, 0) is 31.5 Å². The number of aliphatic imine (C=N–C) groups is 1. The quantitative estimate of drug-likeness (QED) is 0.458. The number of esters is 2. The molecule has 2 heterocycles. The summed E-state index contributed by atoms with van der Waals surface area (Å²) >= 11 is 1.40. The van der Waals surface area contributed by atoms with Crippen molar-refractivity contribution in [1.29, 1.82) is 0 Å². The molecule has 2 atom stereocenters. The van der Waals surface area contributed by atoms with E-state index in [9.17, 15) is 14.0 Å². The predicted molar refractivity (Wildman–Crippen MR) is 129 cm³/mol. The lowest BCUT2D eigenvalue weighted by atomic mass is 9.74.